The van der Waals surface area contributed by atoms with Gasteiger partial charge < -0.3 is 16.0 Å². The number of carbonyl (C=O) groups excluding carboxylic acids is 1. The number of benzene rings is 1. The number of carbonyl (C=O) groups is 1. The van der Waals surface area contributed by atoms with Gasteiger partial charge in [0.1, 0.15) is 6.04 Å². The molecule has 0 fully saturated rings. The maximum atomic E-state index is 11.5. The molecule has 0 aliphatic heterocycles. The zero-order chi connectivity index (χ0) is 14.3. The minimum atomic E-state index is -0.304. The van der Waals surface area contributed by atoms with Gasteiger partial charge >= 0.3 is 0 Å². The summed E-state index contributed by atoms with van der Waals surface area (Å²) in [6, 6.07) is 8.02. The van der Waals surface area contributed by atoms with Crippen LogP contribution < -0.4 is 16.0 Å². The first-order chi connectivity index (χ1) is 9.08. The van der Waals surface area contributed by atoms with Crippen molar-refractivity contribution in [3.8, 4) is 0 Å². The van der Waals surface area contributed by atoms with Crippen molar-refractivity contribution in [3.63, 3.8) is 0 Å². The van der Waals surface area contributed by atoms with E-state index < -0.39 is 0 Å². The maximum absolute atomic E-state index is 11.5. The van der Waals surface area contributed by atoms with E-state index in [-0.39, 0.29) is 11.9 Å². The molecule has 1 rings (SSSR count). The van der Waals surface area contributed by atoms with Crippen molar-refractivity contribution in [1.29, 1.82) is 0 Å². The van der Waals surface area contributed by atoms with Gasteiger partial charge in [0.2, 0.25) is 5.91 Å². The van der Waals surface area contributed by atoms with Crippen molar-refractivity contribution in [2.24, 2.45) is 5.73 Å². The lowest BCUT2D eigenvalue weighted by Gasteiger charge is -2.27. The van der Waals surface area contributed by atoms with Crippen molar-refractivity contribution in [3.05, 3.63) is 29.8 Å². The number of hydrogen-bond donors (Lipinski definition) is 2. The number of primary amides is 1. The van der Waals surface area contributed by atoms with E-state index in [0.29, 0.717) is 6.54 Å². The smallest absolute Gasteiger partial charge is 0.236 e. The summed E-state index contributed by atoms with van der Waals surface area (Å²) >= 11 is 0. The normalized spacial score (nSPS) is 12.2. The minimum absolute atomic E-state index is 0.293. The Morgan fingerprint density at radius 1 is 1.32 bits per heavy atom. The quantitative estimate of drug-likeness (QED) is 0.750. The van der Waals surface area contributed by atoms with Gasteiger partial charge in [0.05, 0.1) is 0 Å². The maximum Gasteiger partial charge on any atom is 0.236 e. The zero-order valence-electron chi connectivity index (χ0n) is 12.1. The fourth-order valence-corrected chi connectivity index (χ4v) is 1.97. The molecule has 1 unspecified atom stereocenters. The van der Waals surface area contributed by atoms with Crippen molar-refractivity contribution in [1.82, 2.24) is 5.32 Å². The van der Waals surface area contributed by atoms with Crippen molar-refractivity contribution >= 4 is 11.6 Å². The Balaban J connectivity index is 2.73. The van der Waals surface area contributed by atoms with Gasteiger partial charge in [-0.1, -0.05) is 24.6 Å². The Morgan fingerprint density at radius 3 is 2.42 bits per heavy atom. The first-order valence-corrected chi connectivity index (χ1v) is 6.92. The SMILES string of the molecule is CCCNC(CN(CC)c1ccc(C)cc1)C(N)=O. The van der Waals surface area contributed by atoms with Crippen LogP contribution in [0.25, 0.3) is 0 Å². The molecule has 1 amide bonds. The van der Waals surface area contributed by atoms with Gasteiger partial charge in [-0.25, -0.2) is 0 Å². The highest BCUT2D eigenvalue weighted by atomic mass is 16.1. The molecular weight excluding hydrogens is 238 g/mol. The number of amides is 1. The number of likely N-dealkylation sites (N-methyl/N-ethyl adjacent to an activating group) is 1. The molecular formula is C15H25N3O. The Labute approximate surface area is 116 Å². The summed E-state index contributed by atoms with van der Waals surface area (Å²) in [6.45, 7) is 8.48. The summed E-state index contributed by atoms with van der Waals surface area (Å²) in [5.41, 5.74) is 7.81. The first-order valence-electron chi connectivity index (χ1n) is 6.92. The van der Waals surface area contributed by atoms with Crippen molar-refractivity contribution in [2.75, 3.05) is 24.5 Å². The number of hydrogen-bond acceptors (Lipinski definition) is 3. The molecule has 0 aliphatic carbocycles. The van der Waals surface area contributed by atoms with E-state index in [4.69, 9.17) is 5.73 Å². The van der Waals surface area contributed by atoms with E-state index in [0.717, 1.165) is 25.2 Å². The van der Waals surface area contributed by atoms with Crippen LogP contribution in [0.5, 0.6) is 0 Å². The van der Waals surface area contributed by atoms with Gasteiger partial charge in [0.15, 0.2) is 0 Å². The van der Waals surface area contributed by atoms with E-state index in [9.17, 15) is 4.79 Å². The fraction of sp³-hybridized carbons (Fsp3) is 0.533. The average molecular weight is 263 g/mol. The van der Waals surface area contributed by atoms with Crippen LogP contribution in [-0.4, -0.2) is 31.6 Å². The van der Waals surface area contributed by atoms with Gasteiger partial charge in [-0.15, -0.1) is 0 Å². The van der Waals surface area contributed by atoms with Crippen molar-refractivity contribution < 1.29 is 4.79 Å². The highest BCUT2D eigenvalue weighted by molar-refractivity contribution is 5.80. The molecule has 0 radical (unpaired) electrons. The number of nitrogens with two attached hydrogens (primary N) is 1. The summed E-state index contributed by atoms with van der Waals surface area (Å²) in [6.07, 6.45) is 0.987. The van der Waals surface area contributed by atoms with Gasteiger partial charge in [0.25, 0.3) is 0 Å². The Hall–Kier alpha value is -1.55. The lowest BCUT2D eigenvalue weighted by atomic mass is 10.2. The van der Waals surface area contributed by atoms with Crippen LogP contribution in [0.2, 0.25) is 0 Å². The van der Waals surface area contributed by atoms with E-state index in [1.54, 1.807) is 0 Å². The lowest BCUT2D eigenvalue weighted by Crippen LogP contribution is -2.49. The third kappa shape index (κ3) is 4.91. The molecule has 0 heterocycles. The highest BCUT2D eigenvalue weighted by Gasteiger charge is 2.17. The molecule has 1 aromatic rings. The molecule has 0 spiro atoms. The Morgan fingerprint density at radius 2 is 1.95 bits per heavy atom. The van der Waals surface area contributed by atoms with Crippen LogP contribution in [0.3, 0.4) is 0 Å². The van der Waals surface area contributed by atoms with Gasteiger partial charge in [-0.2, -0.15) is 0 Å². The number of nitrogens with one attached hydrogen (secondary N) is 1. The standard InChI is InChI=1S/C15H25N3O/c1-4-10-17-14(15(16)19)11-18(5-2)13-8-6-12(3)7-9-13/h6-9,14,17H,4-5,10-11H2,1-3H3,(H2,16,19). The molecule has 0 aromatic heterocycles. The van der Waals surface area contributed by atoms with Crippen molar-refractivity contribution in [2.45, 2.75) is 33.2 Å². The average Bonchev–Trinajstić information content (AvgIpc) is 2.40. The summed E-state index contributed by atoms with van der Waals surface area (Å²) in [5, 5.41) is 3.20. The fourth-order valence-electron chi connectivity index (χ4n) is 1.97. The largest absolute Gasteiger partial charge is 0.370 e. The molecule has 3 N–H and O–H groups in total. The molecule has 0 saturated carbocycles. The van der Waals surface area contributed by atoms with Crippen LogP contribution in [0.4, 0.5) is 5.69 Å². The lowest BCUT2D eigenvalue weighted by molar-refractivity contribution is -0.119. The Bertz CT molecular complexity index is 389. The van der Waals surface area contributed by atoms with E-state index >= 15 is 0 Å². The van der Waals surface area contributed by atoms with Crippen LogP contribution in [0, 0.1) is 6.92 Å². The molecule has 0 saturated heterocycles. The molecule has 106 valence electrons. The zero-order valence-corrected chi connectivity index (χ0v) is 12.1. The minimum Gasteiger partial charge on any atom is -0.370 e. The second kappa shape index (κ2) is 7.79. The van der Waals surface area contributed by atoms with E-state index in [2.05, 4.69) is 55.3 Å². The second-order valence-corrected chi connectivity index (χ2v) is 4.78. The second-order valence-electron chi connectivity index (χ2n) is 4.78. The molecule has 19 heavy (non-hydrogen) atoms. The summed E-state index contributed by atoms with van der Waals surface area (Å²) in [5.74, 6) is -0.293. The van der Waals surface area contributed by atoms with Crippen LogP contribution in [0.15, 0.2) is 24.3 Å². The molecule has 1 aromatic carbocycles. The third-order valence-electron chi connectivity index (χ3n) is 3.17. The third-order valence-corrected chi connectivity index (χ3v) is 3.17. The molecule has 4 heteroatoms. The molecule has 0 aliphatic rings. The predicted octanol–water partition coefficient (Wildman–Crippen LogP) is 1.67. The number of anilines is 1. The molecule has 0 bridgehead atoms. The number of nitrogens with zero attached hydrogens (tertiary/aromatic N) is 1. The summed E-state index contributed by atoms with van der Waals surface area (Å²) in [7, 11) is 0. The van der Waals surface area contributed by atoms with Crippen LogP contribution >= 0.6 is 0 Å². The summed E-state index contributed by atoms with van der Waals surface area (Å²) in [4.78, 5) is 13.6. The highest BCUT2D eigenvalue weighted by Crippen LogP contribution is 2.15. The predicted molar refractivity (Wildman–Crippen MR) is 80.3 cm³/mol. The topological polar surface area (TPSA) is 58.4 Å². The summed E-state index contributed by atoms with van der Waals surface area (Å²) < 4.78 is 0. The molecule has 4 nitrogen and oxygen atoms in total. The first kappa shape index (κ1) is 15.5. The Kier molecular flexibility index (Phi) is 6.36. The number of rotatable bonds is 8. The van der Waals surface area contributed by atoms with Crippen LogP contribution in [0.1, 0.15) is 25.8 Å². The van der Waals surface area contributed by atoms with Gasteiger partial charge in [0, 0.05) is 18.8 Å². The number of aryl methyl sites for hydroxylation is 1. The molecule has 1 atom stereocenters. The monoisotopic (exact) mass is 263 g/mol. The van der Waals surface area contributed by atoms with Crippen LogP contribution in [-0.2, 0) is 4.79 Å². The van der Waals surface area contributed by atoms with Gasteiger partial charge in [-0.05, 0) is 38.9 Å². The van der Waals surface area contributed by atoms with E-state index in [1.165, 1.54) is 5.56 Å². The van der Waals surface area contributed by atoms with Gasteiger partial charge in [-0.3, -0.25) is 4.79 Å². The van der Waals surface area contributed by atoms with E-state index in [1.807, 2.05) is 0 Å².